The number of rotatable bonds is 2. The molecule has 0 amide bonds. The van der Waals surface area contributed by atoms with Gasteiger partial charge in [0.2, 0.25) is 0 Å². The Bertz CT molecular complexity index is 734. The number of imidazole rings is 1. The normalized spacial score (nSPS) is 11.8. The van der Waals surface area contributed by atoms with Crippen LogP contribution in [0.25, 0.3) is 16.9 Å². The summed E-state index contributed by atoms with van der Waals surface area (Å²) in [6, 6.07) is 9.08. The van der Waals surface area contributed by atoms with Crippen molar-refractivity contribution < 1.29 is 17.9 Å². The van der Waals surface area contributed by atoms with E-state index in [0.717, 1.165) is 0 Å². The number of ether oxygens (including phenoxy) is 1. The van der Waals surface area contributed by atoms with Gasteiger partial charge < -0.3 is 4.74 Å². The monoisotopic (exact) mass is 279 g/mol. The van der Waals surface area contributed by atoms with E-state index in [2.05, 4.69) is 14.8 Å². The zero-order chi connectivity index (χ0) is 14.2. The summed E-state index contributed by atoms with van der Waals surface area (Å²) in [4.78, 5) is 4.06. The molecule has 3 aromatic rings. The molecule has 0 radical (unpaired) electrons. The largest absolute Gasteiger partial charge is 0.573 e. The molecule has 0 fully saturated rings. The summed E-state index contributed by atoms with van der Waals surface area (Å²) in [5.41, 5.74) is 2.02. The number of fused-ring (bicyclic) bond motifs is 1. The highest BCUT2D eigenvalue weighted by Crippen LogP contribution is 2.25. The second-order valence-electron chi connectivity index (χ2n) is 4.02. The van der Waals surface area contributed by atoms with E-state index in [1.807, 2.05) is 0 Å². The van der Waals surface area contributed by atoms with Gasteiger partial charge in [0, 0.05) is 18.0 Å². The first-order chi connectivity index (χ1) is 9.51. The van der Waals surface area contributed by atoms with Crippen LogP contribution in [0.5, 0.6) is 5.75 Å². The molecule has 3 rings (SSSR count). The van der Waals surface area contributed by atoms with Gasteiger partial charge in [-0.1, -0.05) is 0 Å². The Labute approximate surface area is 111 Å². The van der Waals surface area contributed by atoms with Gasteiger partial charge in [-0.3, -0.25) is 0 Å². The minimum absolute atomic E-state index is 0.259. The van der Waals surface area contributed by atoms with Gasteiger partial charge in [-0.25, -0.2) is 9.50 Å². The standard InChI is InChI=1S/C13H8F3N3O/c14-13(15,16)20-10-3-1-9(2-4-10)11-5-6-12-17-7-8-19(12)18-11/h1-8H. The molecular weight excluding hydrogens is 271 g/mol. The van der Waals surface area contributed by atoms with E-state index in [1.165, 1.54) is 24.3 Å². The lowest BCUT2D eigenvalue weighted by molar-refractivity contribution is -0.274. The van der Waals surface area contributed by atoms with Gasteiger partial charge in [0.1, 0.15) is 5.75 Å². The van der Waals surface area contributed by atoms with Crippen molar-refractivity contribution in [3.8, 4) is 17.0 Å². The zero-order valence-electron chi connectivity index (χ0n) is 10.0. The van der Waals surface area contributed by atoms with Crippen molar-refractivity contribution in [3.63, 3.8) is 0 Å². The quantitative estimate of drug-likeness (QED) is 0.722. The van der Waals surface area contributed by atoms with E-state index in [4.69, 9.17) is 0 Å². The van der Waals surface area contributed by atoms with Crippen LogP contribution in [0.1, 0.15) is 0 Å². The topological polar surface area (TPSA) is 39.4 Å². The van der Waals surface area contributed by atoms with Crippen LogP contribution in [0.2, 0.25) is 0 Å². The van der Waals surface area contributed by atoms with Gasteiger partial charge in [0.15, 0.2) is 5.65 Å². The summed E-state index contributed by atoms with van der Waals surface area (Å²) in [7, 11) is 0. The van der Waals surface area contributed by atoms with Crippen LogP contribution in [0, 0.1) is 0 Å². The van der Waals surface area contributed by atoms with Gasteiger partial charge in [0.05, 0.1) is 5.69 Å². The molecule has 0 unspecified atom stereocenters. The molecule has 102 valence electrons. The molecule has 2 aromatic heterocycles. The first-order valence-corrected chi connectivity index (χ1v) is 5.68. The van der Waals surface area contributed by atoms with Crippen LogP contribution in [-0.4, -0.2) is 21.0 Å². The van der Waals surface area contributed by atoms with Crippen molar-refractivity contribution in [2.75, 3.05) is 0 Å². The zero-order valence-corrected chi connectivity index (χ0v) is 10.0. The van der Waals surface area contributed by atoms with E-state index in [0.29, 0.717) is 16.9 Å². The molecule has 0 atom stereocenters. The molecule has 0 N–H and O–H groups in total. The van der Waals surface area contributed by atoms with Crippen LogP contribution >= 0.6 is 0 Å². The van der Waals surface area contributed by atoms with Gasteiger partial charge in [0.25, 0.3) is 0 Å². The van der Waals surface area contributed by atoms with Crippen molar-refractivity contribution in [2.45, 2.75) is 6.36 Å². The summed E-state index contributed by atoms with van der Waals surface area (Å²) >= 11 is 0. The van der Waals surface area contributed by atoms with Gasteiger partial charge >= 0.3 is 6.36 Å². The molecule has 4 nitrogen and oxygen atoms in total. The van der Waals surface area contributed by atoms with Crippen molar-refractivity contribution in [1.29, 1.82) is 0 Å². The Morgan fingerprint density at radius 2 is 1.75 bits per heavy atom. The molecule has 0 saturated heterocycles. The fourth-order valence-corrected chi connectivity index (χ4v) is 1.80. The predicted octanol–water partition coefficient (Wildman–Crippen LogP) is 3.29. The Morgan fingerprint density at radius 3 is 2.45 bits per heavy atom. The fourth-order valence-electron chi connectivity index (χ4n) is 1.80. The van der Waals surface area contributed by atoms with E-state index >= 15 is 0 Å². The van der Waals surface area contributed by atoms with E-state index in [-0.39, 0.29) is 5.75 Å². The van der Waals surface area contributed by atoms with Crippen molar-refractivity contribution in [2.24, 2.45) is 0 Å². The lowest BCUT2D eigenvalue weighted by Gasteiger charge is -2.09. The molecule has 20 heavy (non-hydrogen) atoms. The van der Waals surface area contributed by atoms with Crippen LogP contribution in [0.15, 0.2) is 48.8 Å². The Hall–Kier alpha value is -2.57. The lowest BCUT2D eigenvalue weighted by atomic mass is 10.1. The highest BCUT2D eigenvalue weighted by Gasteiger charge is 2.30. The van der Waals surface area contributed by atoms with E-state index in [9.17, 15) is 13.2 Å². The maximum Gasteiger partial charge on any atom is 0.573 e. The Kier molecular flexibility index (Phi) is 2.81. The number of nitrogens with zero attached hydrogens (tertiary/aromatic N) is 3. The molecule has 0 saturated carbocycles. The van der Waals surface area contributed by atoms with Crippen molar-refractivity contribution in [1.82, 2.24) is 14.6 Å². The molecule has 1 aromatic carbocycles. The highest BCUT2D eigenvalue weighted by molar-refractivity contribution is 5.61. The molecule has 0 aliphatic carbocycles. The number of hydrogen-bond acceptors (Lipinski definition) is 3. The Morgan fingerprint density at radius 1 is 1.00 bits per heavy atom. The molecule has 7 heteroatoms. The highest BCUT2D eigenvalue weighted by atomic mass is 19.4. The first-order valence-electron chi connectivity index (χ1n) is 5.68. The third-order valence-corrected chi connectivity index (χ3v) is 2.64. The summed E-state index contributed by atoms with van der Waals surface area (Å²) in [6.07, 6.45) is -1.37. The molecule has 0 aliphatic heterocycles. The van der Waals surface area contributed by atoms with Crippen LogP contribution in [0.4, 0.5) is 13.2 Å². The molecule has 2 heterocycles. The number of alkyl halides is 3. The van der Waals surface area contributed by atoms with E-state index < -0.39 is 6.36 Å². The smallest absolute Gasteiger partial charge is 0.406 e. The second-order valence-corrected chi connectivity index (χ2v) is 4.02. The van der Waals surface area contributed by atoms with Crippen LogP contribution in [-0.2, 0) is 0 Å². The first kappa shape index (κ1) is 12.5. The number of halogens is 3. The predicted molar refractivity (Wildman–Crippen MR) is 65.1 cm³/mol. The summed E-state index contributed by atoms with van der Waals surface area (Å²) in [6.45, 7) is 0. The minimum Gasteiger partial charge on any atom is -0.406 e. The third-order valence-electron chi connectivity index (χ3n) is 2.64. The van der Waals surface area contributed by atoms with Crippen LogP contribution < -0.4 is 4.74 Å². The van der Waals surface area contributed by atoms with Gasteiger partial charge in [-0.2, -0.15) is 5.10 Å². The SMILES string of the molecule is FC(F)(F)Oc1ccc(-c2ccc3nccn3n2)cc1. The number of hydrogen-bond donors (Lipinski definition) is 0. The molecule has 0 aliphatic rings. The molecular formula is C13H8F3N3O. The minimum atomic E-state index is -4.69. The average Bonchev–Trinajstić information content (AvgIpc) is 2.85. The number of benzene rings is 1. The summed E-state index contributed by atoms with van der Waals surface area (Å²) in [5.74, 6) is -0.259. The fraction of sp³-hybridized carbons (Fsp3) is 0.0769. The third kappa shape index (κ3) is 2.56. The Balaban J connectivity index is 1.90. The lowest BCUT2D eigenvalue weighted by Crippen LogP contribution is -2.16. The maximum atomic E-state index is 12.1. The number of aromatic nitrogens is 3. The van der Waals surface area contributed by atoms with E-state index in [1.54, 1.807) is 29.0 Å². The molecule has 0 bridgehead atoms. The van der Waals surface area contributed by atoms with Gasteiger partial charge in [-0.15, -0.1) is 13.2 Å². The van der Waals surface area contributed by atoms with Crippen molar-refractivity contribution >= 4 is 5.65 Å². The van der Waals surface area contributed by atoms with Crippen molar-refractivity contribution in [3.05, 3.63) is 48.8 Å². The van der Waals surface area contributed by atoms with Gasteiger partial charge in [-0.05, 0) is 36.4 Å². The average molecular weight is 279 g/mol. The maximum absolute atomic E-state index is 12.1. The molecule has 0 spiro atoms. The summed E-state index contributed by atoms with van der Waals surface area (Å²) in [5, 5.41) is 4.30. The second kappa shape index (κ2) is 4.52. The van der Waals surface area contributed by atoms with Crippen LogP contribution in [0.3, 0.4) is 0 Å². The summed E-state index contributed by atoms with van der Waals surface area (Å²) < 4.78 is 41.6.